The minimum Gasteiger partial charge on any atom is -0.474 e. The Kier molecular flexibility index (Phi) is 15.4. The summed E-state index contributed by atoms with van der Waals surface area (Å²) < 4.78 is 17.1. The molecule has 2 heterocycles. The van der Waals surface area contributed by atoms with Gasteiger partial charge in [0.15, 0.2) is 0 Å². The smallest absolute Gasteiger partial charge is 0.397 e. The molecule has 0 saturated carbocycles. The van der Waals surface area contributed by atoms with E-state index in [0.717, 1.165) is 86.9 Å². The number of ether oxygens (including phenoxy) is 3. The van der Waals surface area contributed by atoms with Gasteiger partial charge in [-0.15, -0.1) is 0 Å². The van der Waals surface area contributed by atoms with Gasteiger partial charge in [0.1, 0.15) is 23.0 Å². The third kappa shape index (κ3) is 11.5. The summed E-state index contributed by atoms with van der Waals surface area (Å²) in [6.07, 6.45) is 8.85. The standard InChI is InChI=1S/C24H29N3O4.C22H25N3O4/c1-5-7-8-9-20-19-14-18(10-11-21(19)27-26-20)31-22-15(3)12-17(13-16(22)4)25-23(28)24(29)30-6-2;1-4-5-6-7-18-17-12-16(8-9-19(17)25-24-18)29-20-13(2)10-15(11-14(20)3)23-21(26)22(27)28/h10-14H,5-9H2,1-4H3,(H,25,28)(H,26,27);8-12H,4-7H2,1-3H3,(H,23,26)(H,24,25)(H,27,28). The van der Waals surface area contributed by atoms with Crippen LogP contribution in [0.2, 0.25) is 0 Å². The maximum absolute atomic E-state index is 11.9. The van der Waals surface area contributed by atoms with Gasteiger partial charge in [0.25, 0.3) is 0 Å². The van der Waals surface area contributed by atoms with E-state index in [4.69, 9.17) is 19.3 Å². The number of hydrogen-bond donors (Lipinski definition) is 5. The number of benzene rings is 4. The molecule has 0 bridgehead atoms. The highest BCUT2D eigenvalue weighted by atomic mass is 16.5. The Balaban J connectivity index is 0.000000228. The maximum atomic E-state index is 11.9. The fourth-order valence-corrected chi connectivity index (χ4v) is 6.86. The highest BCUT2D eigenvalue weighted by Crippen LogP contribution is 2.35. The number of hydrogen-bond acceptors (Lipinski definition) is 9. The zero-order valence-corrected chi connectivity index (χ0v) is 35.3. The zero-order chi connectivity index (χ0) is 43.3. The number of aromatic nitrogens is 4. The Labute approximate surface area is 349 Å². The fraction of sp³-hybridized carbons (Fsp3) is 0.348. The highest BCUT2D eigenvalue weighted by molar-refractivity contribution is 6.37. The number of fused-ring (bicyclic) bond motifs is 2. The number of carboxylic acids is 1. The average molecular weight is 819 g/mol. The van der Waals surface area contributed by atoms with Gasteiger partial charge in [0.2, 0.25) is 0 Å². The maximum Gasteiger partial charge on any atom is 0.397 e. The van der Waals surface area contributed by atoms with E-state index in [0.29, 0.717) is 28.6 Å². The molecule has 0 aliphatic heterocycles. The molecule has 0 atom stereocenters. The molecule has 14 heteroatoms. The van der Waals surface area contributed by atoms with Gasteiger partial charge in [-0.05, 0) is 143 Å². The van der Waals surface area contributed by atoms with Crippen molar-refractivity contribution in [3.8, 4) is 23.0 Å². The molecule has 2 amide bonds. The van der Waals surface area contributed by atoms with E-state index in [1.807, 2.05) is 64.1 Å². The first-order valence-corrected chi connectivity index (χ1v) is 20.4. The van der Waals surface area contributed by atoms with Gasteiger partial charge in [-0.3, -0.25) is 19.8 Å². The number of aliphatic carboxylic acids is 1. The topological polar surface area (TPSA) is 198 Å². The number of nitrogens with one attached hydrogen (secondary N) is 4. The van der Waals surface area contributed by atoms with Crippen LogP contribution in [-0.2, 0) is 36.8 Å². The first-order valence-electron chi connectivity index (χ1n) is 20.4. The molecular weight excluding hydrogens is 765 g/mol. The van der Waals surface area contributed by atoms with Crippen molar-refractivity contribution in [1.82, 2.24) is 20.4 Å². The lowest BCUT2D eigenvalue weighted by Gasteiger charge is -2.14. The van der Waals surface area contributed by atoms with Crippen LogP contribution >= 0.6 is 0 Å². The second-order valence-corrected chi connectivity index (χ2v) is 14.7. The van der Waals surface area contributed by atoms with Gasteiger partial charge in [0.05, 0.1) is 17.6 Å². The molecule has 0 unspecified atom stereocenters. The van der Waals surface area contributed by atoms with Crippen LogP contribution in [0.15, 0.2) is 60.7 Å². The van der Waals surface area contributed by atoms with Crippen molar-refractivity contribution >= 4 is 56.9 Å². The Morgan fingerprint density at radius 3 is 1.40 bits per heavy atom. The lowest BCUT2D eigenvalue weighted by molar-refractivity contribution is -0.152. The molecule has 0 radical (unpaired) electrons. The molecule has 0 aliphatic rings. The van der Waals surface area contributed by atoms with E-state index in [1.165, 1.54) is 25.7 Å². The minimum atomic E-state index is -1.52. The van der Waals surface area contributed by atoms with Gasteiger partial charge in [0, 0.05) is 33.5 Å². The molecule has 5 N–H and O–H groups in total. The van der Waals surface area contributed by atoms with Crippen molar-refractivity contribution in [2.24, 2.45) is 0 Å². The lowest BCUT2D eigenvalue weighted by Crippen LogP contribution is -2.25. The van der Waals surface area contributed by atoms with Gasteiger partial charge in [-0.2, -0.15) is 10.2 Å². The number of anilines is 2. The van der Waals surface area contributed by atoms with Gasteiger partial charge in [-0.1, -0.05) is 39.5 Å². The molecule has 6 rings (SSSR count). The van der Waals surface area contributed by atoms with Gasteiger partial charge < -0.3 is 30.0 Å². The molecule has 0 aliphatic carbocycles. The van der Waals surface area contributed by atoms with Gasteiger partial charge in [-0.25, -0.2) is 9.59 Å². The predicted octanol–water partition coefficient (Wildman–Crippen LogP) is 9.93. The number of carbonyl (C=O) groups excluding carboxylic acids is 3. The molecule has 316 valence electrons. The third-order valence-electron chi connectivity index (χ3n) is 9.80. The molecule has 60 heavy (non-hydrogen) atoms. The van der Waals surface area contributed by atoms with Crippen LogP contribution in [0.1, 0.15) is 92.9 Å². The first-order chi connectivity index (χ1) is 28.8. The van der Waals surface area contributed by atoms with Crippen LogP contribution in [0.25, 0.3) is 21.8 Å². The Morgan fingerprint density at radius 1 is 0.600 bits per heavy atom. The van der Waals surface area contributed by atoms with Crippen molar-refractivity contribution in [3.05, 3.63) is 94.3 Å². The largest absolute Gasteiger partial charge is 0.474 e. The highest BCUT2D eigenvalue weighted by Gasteiger charge is 2.18. The summed E-state index contributed by atoms with van der Waals surface area (Å²) in [5.41, 5.74) is 8.27. The Bertz CT molecular complexity index is 2440. The molecule has 4 aromatic carbocycles. The van der Waals surface area contributed by atoms with E-state index in [2.05, 4.69) is 44.9 Å². The molecule has 6 aromatic rings. The number of H-pyrrole nitrogens is 2. The molecule has 14 nitrogen and oxygen atoms in total. The number of carboxylic acid groups (broad SMARTS) is 1. The summed E-state index contributed by atoms with van der Waals surface area (Å²) in [4.78, 5) is 45.6. The van der Waals surface area contributed by atoms with E-state index in [-0.39, 0.29) is 6.61 Å². The summed E-state index contributed by atoms with van der Waals surface area (Å²) >= 11 is 0. The summed E-state index contributed by atoms with van der Waals surface area (Å²) in [7, 11) is 0. The van der Waals surface area contributed by atoms with Gasteiger partial charge >= 0.3 is 23.8 Å². The number of aromatic amines is 2. The molecule has 2 aromatic heterocycles. The summed E-state index contributed by atoms with van der Waals surface area (Å²) in [5, 5.41) is 30.8. The number of amides is 2. The van der Waals surface area contributed by atoms with Crippen LogP contribution in [-0.4, -0.2) is 55.9 Å². The number of carbonyl (C=O) groups is 4. The quantitative estimate of drug-likeness (QED) is 0.0378. The normalized spacial score (nSPS) is 10.8. The van der Waals surface area contributed by atoms with Crippen LogP contribution < -0.4 is 20.1 Å². The Hall–Kier alpha value is -6.70. The number of esters is 1. The molecule has 0 saturated heterocycles. The first kappa shape index (κ1) is 44.4. The second kappa shape index (κ2) is 20.8. The summed E-state index contributed by atoms with van der Waals surface area (Å²) in [6, 6.07) is 18.6. The second-order valence-electron chi connectivity index (χ2n) is 14.7. The number of unbranched alkanes of at least 4 members (excludes halogenated alkanes) is 4. The number of nitrogens with zero attached hydrogens (tertiary/aromatic N) is 2. The zero-order valence-electron chi connectivity index (χ0n) is 35.3. The SMILES string of the molecule is CCCCCc1[nH]nc2ccc(Oc3c(C)cc(NC(=O)C(=O)O)cc3C)cc12.CCCCCc1[nH]nc2ccc(Oc3c(C)cc(NC(=O)C(=O)OCC)cc3C)cc12. The van der Waals surface area contributed by atoms with Crippen molar-refractivity contribution in [3.63, 3.8) is 0 Å². The average Bonchev–Trinajstić information content (AvgIpc) is 3.81. The minimum absolute atomic E-state index is 0.151. The summed E-state index contributed by atoms with van der Waals surface area (Å²) in [5.74, 6) is -1.48. The van der Waals surface area contributed by atoms with Crippen molar-refractivity contribution < 1.29 is 38.5 Å². The monoisotopic (exact) mass is 818 g/mol. The number of aryl methyl sites for hydroxylation is 6. The van der Waals surface area contributed by atoms with Crippen molar-refractivity contribution in [1.29, 1.82) is 0 Å². The van der Waals surface area contributed by atoms with E-state index in [9.17, 15) is 19.2 Å². The van der Waals surface area contributed by atoms with Crippen LogP contribution in [0, 0.1) is 27.7 Å². The number of rotatable bonds is 15. The Morgan fingerprint density at radius 2 is 1.02 bits per heavy atom. The van der Waals surface area contributed by atoms with E-state index >= 15 is 0 Å². The third-order valence-corrected chi connectivity index (χ3v) is 9.80. The lowest BCUT2D eigenvalue weighted by atomic mass is 10.1. The fourth-order valence-electron chi connectivity index (χ4n) is 6.86. The van der Waals surface area contributed by atoms with Crippen molar-refractivity contribution in [2.75, 3.05) is 17.2 Å². The van der Waals surface area contributed by atoms with Crippen LogP contribution in [0.3, 0.4) is 0 Å². The van der Waals surface area contributed by atoms with E-state index < -0.39 is 23.8 Å². The van der Waals surface area contributed by atoms with Crippen molar-refractivity contribution in [2.45, 2.75) is 99.8 Å². The van der Waals surface area contributed by atoms with Crippen LogP contribution in [0.4, 0.5) is 11.4 Å². The molecular formula is C46H54N6O8. The van der Waals surface area contributed by atoms with E-state index in [1.54, 1.807) is 31.2 Å². The molecule has 0 spiro atoms. The summed E-state index contributed by atoms with van der Waals surface area (Å²) in [6.45, 7) is 13.7. The molecule has 0 fully saturated rings. The van der Waals surface area contributed by atoms with Crippen LogP contribution in [0.5, 0.6) is 23.0 Å². The predicted molar refractivity (Wildman–Crippen MR) is 232 cm³/mol.